The van der Waals surface area contributed by atoms with Crippen molar-refractivity contribution < 1.29 is 14.7 Å². The van der Waals surface area contributed by atoms with Gasteiger partial charge in [-0.25, -0.2) is 5.43 Å². The van der Waals surface area contributed by atoms with E-state index in [0.29, 0.717) is 6.21 Å². The number of methoxy groups -OCH3 is 1. The number of ether oxygens (including phenoxy) is 1. The molecule has 1 rings (SSSR count). The normalized spacial score (nSPS) is 10.8. The molecule has 0 saturated heterocycles. The Morgan fingerprint density at radius 2 is 2.12 bits per heavy atom. The van der Waals surface area contributed by atoms with Crippen molar-refractivity contribution in [3.8, 4) is 5.75 Å². The summed E-state index contributed by atoms with van der Waals surface area (Å²) in [6, 6.07) is 7.12. The Morgan fingerprint density at radius 1 is 1.44 bits per heavy atom. The van der Waals surface area contributed by atoms with Crippen molar-refractivity contribution in [1.82, 2.24) is 5.43 Å². The highest BCUT2D eigenvalue weighted by Crippen LogP contribution is 2.09. The first-order valence-electron chi connectivity index (χ1n) is 4.41. The van der Waals surface area contributed by atoms with Crippen LogP contribution in [0.15, 0.2) is 34.5 Å². The first kappa shape index (κ1) is 11.7. The third kappa shape index (κ3) is 3.79. The van der Waals surface area contributed by atoms with E-state index in [1.54, 1.807) is 31.4 Å². The van der Waals surface area contributed by atoms with Crippen LogP contribution < -0.4 is 10.2 Å². The van der Waals surface area contributed by atoms with E-state index in [4.69, 9.17) is 9.94 Å². The molecule has 0 radical (unpaired) electrons. The molecule has 1 aromatic carbocycles. The molecule has 0 bridgehead atoms. The highest BCUT2D eigenvalue weighted by atomic mass is 16.5. The smallest absolute Gasteiger partial charge is 0.285 e. The summed E-state index contributed by atoms with van der Waals surface area (Å²) in [5.41, 5.74) is 2.96. The Balaban J connectivity index is 2.52. The van der Waals surface area contributed by atoms with Crippen LogP contribution in [0.3, 0.4) is 0 Å². The number of rotatable bonds is 4. The fourth-order valence-electron chi connectivity index (χ4n) is 0.942. The number of hydrazone groups is 1. The second-order valence-electron chi connectivity index (χ2n) is 2.75. The fraction of sp³-hybridized carbons (Fsp3) is 0.100. The van der Waals surface area contributed by atoms with Crippen molar-refractivity contribution >= 4 is 18.3 Å². The summed E-state index contributed by atoms with van der Waals surface area (Å²) in [7, 11) is 1.58. The summed E-state index contributed by atoms with van der Waals surface area (Å²) in [5, 5.41) is 14.3. The Kier molecular flexibility index (Phi) is 4.52. The molecule has 16 heavy (non-hydrogen) atoms. The molecular formula is C10H11N3O3. The van der Waals surface area contributed by atoms with Gasteiger partial charge >= 0.3 is 0 Å². The molecule has 6 heteroatoms. The first-order valence-corrected chi connectivity index (χ1v) is 4.41. The van der Waals surface area contributed by atoms with Crippen LogP contribution in [0, 0.1) is 0 Å². The number of oxime groups is 1. The Morgan fingerprint density at radius 3 is 2.69 bits per heavy atom. The van der Waals surface area contributed by atoms with E-state index < -0.39 is 5.91 Å². The molecule has 84 valence electrons. The zero-order chi connectivity index (χ0) is 11.8. The Hall–Kier alpha value is -2.37. The topological polar surface area (TPSA) is 83.3 Å². The lowest BCUT2D eigenvalue weighted by atomic mass is 10.2. The van der Waals surface area contributed by atoms with E-state index in [1.165, 1.54) is 6.21 Å². The zero-order valence-electron chi connectivity index (χ0n) is 8.62. The van der Waals surface area contributed by atoms with E-state index >= 15 is 0 Å². The molecule has 0 atom stereocenters. The second-order valence-corrected chi connectivity index (χ2v) is 2.75. The molecule has 0 heterocycles. The third-order valence-corrected chi connectivity index (χ3v) is 1.68. The van der Waals surface area contributed by atoms with E-state index in [1.807, 2.05) is 0 Å². The monoisotopic (exact) mass is 221 g/mol. The SMILES string of the molecule is COc1ccc(/C=N\NC(=O)/C=N\O)cc1. The minimum Gasteiger partial charge on any atom is -0.497 e. The molecule has 1 aromatic rings. The van der Waals surface area contributed by atoms with E-state index in [0.717, 1.165) is 11.3 Å². The lowest BCUT2D eigenvalue weighted by Gasteiger charge is -1.98. The molecule has 0 spiro atoms. The molecule has 0 aromatic heterocycles. The summed E-state index contributed by atoms with van der Waals surface area (Å²) in [6.45, 7) is 0. The standard InChI is InChI=1S/C10H11N3O3/c1-16-9-4-2-8(3-5-9)6-11-13-10(14)7-12-15/h2-7,15H,1H3,(H,13,14)/b11-6-,12-7-. The Bertz CT molecular complexity index is 398. The maximum absolute atomic E-state index is 10.8. The van der Waals surface area contributed by atoms with Crippen molar-refractivity contribution in [2.75, 3.05) is 7.11 Å². The van der Waals surface area contributed by atoms with Gasteiger partial charge in [0.25, 0.3) is 5.91 Å². The van der Waals surface area contributed by atoms with Gasteiger partial charge in [0.05, 0.1) is 13.3 Å². The first-order chi connectivity index (χ1) is 7.76. The van der Waals surface area contributed by atoms with Gasteiger partial charge in [-0.1, -0.05) is 5.16 Å². The molecular weight excluding hydrogens is 210 g/mol. The number of nitrogens with zero attached hydrogens (tertiary/aromatic N) is 2. The van der Waals surface area contributed by atoms with Gasteiger partial charge in [-0.3, -0.25) is 4.79 Å². The van der Waals surface area contributed by atoms with Gasteiger partial charge in [0.1, 0.15) is 12.0 Å². The minimum atomic E-state index is -0.604. The van der Waals surface area contributed by atoms with Crippen molar-refractivity contribution in [3.63, 3.8) is 0 Å². The molecule has 0 unspecified atom stereocenters. The van der Waals surface area contributed by atoms with E-state index in [2.05, 4.69) is 15.7 Å². The fourth-order valence-corrected chi connectivity index (χ4v) is 0.942. The highest BCUT2D eigenvalue weighted by molar-refractivity contribution is 6.26. The van der Waals surface area contributed by atoms with Crippen LogP contribution in [-0.2, 0) is 4.79 Å². The molecule has 2 N–H and O–H groups in total. The Labute approximate surface area is 92.2 Å². The van der Waals surface area contributed by atoms with E-state index in [-0.39, 0.29) is 0 Å². The third-order valence-electron chi connectivity index (χ3n) is 1.68. The summed E-state index contributed by atoms with van der Waals surface area (Å²) < 4.78 is 4.98. The molecule has 0 saturated carbocycles. The van der Waals surface area contributed by atoms with Crippen molar-refractivity contribution in [2.24, 2.45) is 10.3 Å². The molecule has 0 fully saturated rings. The molecule has 6 nitrogen and oxygen atoms in total. The number of nitrogens with one attached hydrogen (secondary N) is 1. The number of hydrogen-bond donors (Lipinski definition) is 2. The van der Waals surface area contributed by atoms with E-state index in [9.17, 15) is 4.79 Å². The van der Waals surface area contributed by atoms with Gasteiger partial charge < -0.3 is 9.94 Å². The maximum atomic E-state index is 10.8. The van der Waals surface area contributed by atoms with Crippen molar-refractivity contribution in [1.29, 1.82) is 0 Å². The molecule has 0 aliphatic carbocycles. The van der Waals surface area contributed by atoms with Crippen LogP contribution in [0.4, 0.5) is 0 Å². The van der Waals surface area contributed by atoms with Crippen LogP contribution in [0.2, 0.25) is 0 Å². The average Bonchev–Trinajstić information content (AvgIpc) is 2.30. The van der Waals surface area contributed by atoms with Gasteiger partial charge in [-0.2, -0.15) is 5.10 Å². The molecule has 0 aliphatic heterocycles. The van der Waals surface area contributed by atoms with Crippen LogP contribution in [0.5, 0.6) is 5.75 Å². The number of carbonyl (C=O) groups is 1. The van der Waals surface area contributed by atoms with Gasteiger partial charge in [-0.05, 0) is 29.8 Å². The van der Waals surface area contributed by atoms with Crippen LogP contribution in [-0.4, -0.2) is 30.7 Å². The minimum absolute atomic E-state index is 0.604. The van der Waals surface area contributed by atoms with Gasteiger partial charge in [-0.15, -0.1) is 0 Å². The number of amides is 1. The average molecular weight is 221 g/mol. The van der Waals surface area contributed by atoms with Gasteiger partial charge in [0.15, 0.2) is 0 Å². The lowest BCUT2D eigenvalue weighted by Crippen LogP contribution is -2.18. The maximum Gasteiger partial charge on any atom is 0.285 e. The molecule has 0 aliphatic rings. The summed E-state index contributed by atoms with van der Waals surface area (Å²) in [5.74, 6) is 0.140. The van der Waals surface area contributed by atoms with Crippen molar-refractivity contribution in [3.05, 3.63) is 29.8 Å². The van der Waals surface area contributed by atoms with Gasteiger partial charge in [0.2, 0.25) is 0 Å². The molecule has 1 amide bonds. The van der Waals surface area contributed by atoms with Gasteiger partial charge in [0, 0.05) is 0 Å². The number of hydrogen-bond acceptors (Lipinski definition) is 5. The predicted molar refractivity (Wildman–Crippen MR) is 59.0 cm³/mol. The zero-order valence-corrected chi connectivity index (χ0v) is 8.62. The van der Waals surface area contributed by atoms with Crippen molar-refractivity contribution in [2.45, 2.75) is 0 Å². The number of benzene rings is 1. The van der Waals surface area contributed by atoms with Crippen LogP contribution in [0.25, 0.3) is 0 Å². The lowest BCUT2D eigenvalue weighted by molar-refractivity contribution is -0.114. The number of carbonyl (C=O) groups excluding carboxylic acids is 1. The predicted octanol–water partition coefficient (Wildman–Crippen LogP) is 0.605. The summed E-state index contributed by atoms with van der Waals surface area (Å²) in [4.78, 5) is 10.8. The van der Waals surface area contributed by atoms with Crippen LogP contribution >= 0.6 is 0 Å². The van der Waals surface area contributed by atoms with Crippen LogP contribution in [0.1, 0.15) is 5.56 Å². The quantitative estimate of drug-likeness (QED) is 0.443. The summed E-state index contributed by atoms with van der Waals surface area (Å²) >= 11 is 0. The highest BCUT2D eigenvalue weighted by Gasteiger charge is 1.93. The largest absolute Gasteiger partial charge is 0.497 e. The summed E-state index contributed by atoms with van der Waals surface area (Å²) in [6.07, 6.45) is 2.17. The second kappa shape index (κ2) is 6.18.